The predicted octanol–water partition coefficient (Wildman–Crippen LogP) is 3.50. The largest absolute Gasteiger partial charge is 0.390 e. The van der Waals surface area contributed by atoms with E-state index in [1.54, 1.807) is 6.92 Å². The van der Waals surface area contributed by atoms with Gasteiger partial charge in [-0.1, -0.05) is 46.3 Å². The molecule has 4 nitrogen and oxygen atoms in total. The highest BCUT2D eigenvalue weighted by Crippen LogP contribution is 2.22. The van der Waals surface area contributed by atoms with Crippen molar-refractivity contribution in [2.24, 2.45) is 10.9 Å². The number of aliphatic hydroxyl groups excluding tert-OH is 2. The van der Waals surface area contributed by atoms with Crippen molar-refractivity contribution in [3.8, 4) is 0 Å². The Kier molecular flexibility index (Phi) is 9.22. The van der Waals surface area contributed by atoms with Crippen LogP contribution in [0.15, 0.2) is 29.4 Å². The summed E-state index contributed by atoms with van der Waals surface area (Å²) in [6, 6.07) is -0.484. The van der Waals surface area contributed by atoms with E-state index in [9.17, 15) is 14.6 Å². The molecule has 4 unspecified atom stereocenters. The fourth-order valence-corrected chi connectivity index (χ4v) is 2.70. The highest BCUT2D eigenvalue weighted by atomic mass is 19.1. The Morgan fingerprint density at radius 1 is 1.33 bits per heavy atom. The summed E-state index contributed by atoms with van der Waals surface area (Å²) in [5.41, 5.74) is 0.578. The zero-order valence-corrected chi connectivity index (χ0v) is 15.2. The van der Waals surface area contributed by atoms with E-state index in [2.05, 4.69) is 30.7 Å². The average Bonchev–Trinajstić information content (AvgIpc) is 2.68. The van der Waals surface area contributed by atoms with Crippen LogP contribution in [-0.2, 0) is 0 Å². The monoisotopic (exact) mass is 340 g/mol. The third kappa shape index (κ3) is 7.14. The Labute approximate surface area is 145 Å². The van der Waals surface area contributed by atoms with Gasteiger partial charge in [-0.05, 0) is 37.7 Å². The van der Waals surface area contributed by atoms with Gasteiger partial charge in [0.25, 0.3) is 0 Å². The minimum absolute atomic E-state index is 0.190. The molecule has 0 aliphatic heterocycles. The summed E-state index contributed by atoms with van der Waals surface area (Å²) in [5, 5.41) is 23.1. The van der Waals surface area contributed by atoms with E-state index in [-0.39, 0.29) is 5.84 Å². The summed E-state index contributed by atoms with van der Waals surface area (Å²) in [7, 11) is 0. The first-order valence-corrected chi connectivity index (χ1v) is 9.05. The summed E-state index contributed by atoms with van der Waals surface area (Å²) in [6.07, 6.45) is 4.99. The normalized spacial score (nSPS) is 27.3. The van der Waals surface area contributed by atoms with Gasteiger partial charge in [0, 0.05) is 5.70 Å². The molecular weight excluding hydrogens is 307 g/mol. The maximum Gasteiger partial charge on any atom is 0.157 e. The lowest BCUT2D eigenvalue weighted by atomic mass is 10.0. The number of nitrogens with one attached hydrogen (secondary N) is 1. The van der Waals surface area contributed by atoms with E-state index >= 15 is 0 Å². The van der Waals surface area contributed by atoms with Crippen LogP contribution in [0.1, 0.15) is 59.3 Å². The van der Waals surface area contributed by atoms with Crippen molar-refractivity contribution in [2.45, 2.75) is 83.7 Å². The molecule has 1 saturated carbocycles. The molecule has 1 rings (SSSR count). The lowest BCUT2D eigenvalue weighted by Gasteiger charge is -2.23. The maximum atomic E-state index is 14.3. The summed E-state index contributed by atoms with van der Waals surface area (Å²) in [4.78, 5) is 4.41. The quantitative estimate of drug-likeness (QED) is 0.288. The highest BCUT2D eigenvalue weighted by molar-refractivity contribution is 5.88. The molecule has 3 N–H and O–H groups in total. The molecule has 5 heteroatoms. The highest BCUT2D eigenvalue weighted by Gasteiger charge is 2.29. The zero-order chi connectivity index (χ0) is 18.1. The van der Waals surface area contributed by atoms with Crippen LogP contribution >= 0.6 is 0 Å². The number of aliphatic imine (C=N–C) groups is 1. The molecule has 4 atom stereocenters. The molecule has 1 aliphatic carbocycles. The Morgan fingerprint density at radius 3 is 2.62 bits per heavy atom. The third-order valence-electron chi connectivity index (χ3n) is 4.21. The minimum Gasteiger partial charge on any atom is -0.390 e. The second kappa shape index (κ2) is 10.6. The molecule has 0 amide bonds. The molecule has 0 aromatic rings. The standard InChI is InChI=1S/C19H33FN2O2/c1-5-15(20)19(21-14(4)10-8-9-13(2)3)22-16-11-6-7-12-17(23)18(16)24/h8,10,13,15-18,23-24H,4-7,9,11-12H2,1-3H3,(H,21,22)/b10-8+. The van der Waals surface area contributed by atoms with E-state index in [0.717, 1.165) is 19.3 Å². The van der Waals surface area contributed by atoms with Crippen molar-refractivity contribution in [3.05, 3.63) is 24.4 Å². The summed E-state index contributed by atoms with van der Waals surface area (Å²) in [6.45, 7) is 9.90. The topological polar surface area (TPSA) is 64.9 Å². The molecule has 24 heavy (non-hydrogen) atoms. The fraction of sp³-hybridized carbons (Fsp3) is 0.737. The molecule has 0 aromatic heterocycles. The maximum absolute atomic E-state index is 14.3. The SMILES string of the molecule is C=C(/C=C/CC(C)C)NC(=NC1CCCCC(O)C1O)C(F)CC. The van der Waals surface area contributed by atoms with Gasteiger partial charge in [-0.25, -0.2) is 4.39 Å². The van der Waals surface area contributed by atoms with Crippen molar-refractivity contribution in [1.82, 2.24) is 5.32 Å². The summed E-state index contributed by atoms with van der Waals surface area (Å²) < 4.78 is 14.3. The van der Waals surface area contributed by atoms with E-state index in [1.807, 2.05) is 12.2 Å². The van der Waals surface area contributed by atoms with E-state index in [0.29, 0.717) is 30.9 Å². The second-order valence-corrected chi connectivity index (χ2v) is 6.98. The first-order valence-electron chi connectivity index (χ1n) is 9.05. The molecule has 0 saturated heterocycles. The Bertz CT molecular complexity index is 449. The number of amidine groups is 1. The third-order valence-corrected chi connectivity index (χ3v) is 4.21. The average molecular weight is 340 g/mol. The van der Waals surface area contributed by atoms with Gasteiger partial charge in [-0.15, -0.1) is 0 Å². The molecule has 0 spiro atoms. The van der Waals surface area contributed by atoms with Crippen LogP contribution in [0.3, 0.4) is 0 Å². The van der Waals surface area contributed by atoms with Gasteiger partial charge in [0.05, 0.1) is 12.1 Å². The van der Waals surface area contributed by atoms with Crippen molar-refractivity contribution in [3.63, 3.8) is 0 Å². The predicted molar refractivity (Wildman–Crippen MR) is 97.8 cm³/mol. The minimum atomic E-state index is -1.24. The van der Waals surface area contributed by atoms with Crippen LogP contribution in [0, 0.1) is 5.92 Å². The second-order valence-electron chi connectivity index (χ2n) is 6.98. The molecule has 0 heterocycles. The van der Waals surface area contributed by atoms with Gasteiger partial charge in [0.15, 0.2) is 6.17 Å². The van der Waals surface area contributed by atoms with E-state index < -0.39 is 24.4 Å². The van der Waals surface area contributed by atoms with Crippen molar-refractivity contribution in [2.75, 3.05) is 0 Å². The molecule has 0 bridgehead atoms. The molecular formula is C19H33FN2O2. The summed E-state index contributed by atoms with van der Waals surface area (Å²) in [5.74, 6) is 0.740. The first-order chi connectivity index (χ1) is 11.3. The van der Waals surface area contributed by atoms with Crippen molar-refractivity contribution < 1.29 is 14.6 Å². The number of aliphatic hydroxyl groups is 2. The Balaban J connectivity index is 2.83. The molecule has 0 radical (unpaired) electrons. The number of nitrogens with zero attached hydrogens (tertiary/aromatic N) is 1. The Morgan fingerprint density at radius 2 is 2.00 bits per heavy atom. The Hall–Kier alpha value is -1.20. The van der Waals surface area contributed by atoms with Gasteiger partial charge < -0.3 is 15.5 Å². The van der Waals surface area contributed by atoms with Crippen LogP contribution in [0.2, 0.25) is 0 Å². The number of rotatable bonds is 7. The van der Waals surface area contributed by atoms with E-state index in [4.69, 9.17) is 0 Å². The number of halogens is 1. The van der Waals surface area contributed by atoms with Crippen LogP contribution < -0.4 is 5.32 Å². The fourth-order valence-electron chi connectivity index (χ4n) is 2.70. The zero-order valence-electron chi connectivity index (χ0n) is 15.2. The number of hydrogen-bond donors (Lipinski definition) is 3. The lowest BCUT2D eigenvalue weighted by Crippen LogP contribution is -2.38. The number of hydrogen-bond acceptors (Lipinski definition) is 3. The lowest BCUT2D eigenvalue weighted by molar-refractivity contribution is 0.00607. The van der Waals surface area contributed by atoms with Crippen LogP contribution in [-0.4, -0.2) is 40.5 Å². The summed E-state index contributed by atoms with van der Waals surface area (Å²) >= 11 is 0. The first kappa shape index (κ1) is 20.8. The molecule has 0 aromatic carbocycles. The van der Waals surface area contributed by atoms with Gasteiger partial charge >= 0.3 is 0 Å². The van der Waals surface area contributed by atoms with Gasteiger partial charge in [0.2, 0.25) is 0 Å². The smallest absolute Gasteiger partial charge is 0.157 e. The number of alkyl halides is 1. The van der Waals surface area contributed by atoms with Crippen LogP contribution in [0.25, 0.3) is 0 Å². The van der Waals surface area contributed by atoms with Crippen molar-refractivity contribution in [1.29, 1.82) is 0 Å². The van der Waals surface area contributed by atoms with Gasteiger partial charge in [-0.2, -0.15) is 0 Å². The van der Waals surface area contributed by atoms with Crippen LogP contribution in [0.5, 0.6) is 0 Å². The van der Waals surface area contributed by atoms with E-state index in [1.165, 1.54) is 0 Å². The molecule has 1 aliphatic rings. The van der Waals surface area contributed by atoms with Crippen molar-refractivity contribution >= 4 is 5.84 Å². The van der Waals surface area contributed by atoms with Gasteiger partial charge in [-0.3, -0.25) is 4.99 Å². The van der Waals surface area contributed by atoms with Gasteiger partial charge in [0.1, 0.15) is 11.9 Å². The van der Waals surface area contributed by atoms with Crippen LogP contribution in [0.4, 0.5) is 4.39 Å². The molecule has 138 valence electrons. The number of allylic oxidation sites excluding steroid dienone is 2. The molecule has 1 fully saturated rings.